The van der Waals surface area contributed by atoms with Crippen molar-refractivity contribution in [2.75, 3.05) is 13.2 Å². The molecule has 0 spiro atoms. The molecule has 0 rings (SSSR count). The lowest BCUT2D eigenvalue weighted by Gasteiger charge is -2.02. The van der Waals surface area contributed by atoms with Gasteiger partial charge in [0.15, 0.2) is 0 Å². The summed E-state index contributed by atoms with van der Waals surface area (Å²) in [6, 6.07) is 0. The average molecular weight is 429 g/mol. The van der Waals surface area contributed by atoms with Gasteiger partial charge in [0.25, 0.3) is 0 Å². The van der Waals surface area contributed by atoms with Gasteiger partial charge in [0.1, 0.15) is 0 Å². The van der Waals surface area contributed by atoms with Crippen LogP contribution in [0.1, 0.15) is 168 Å². The molecule has 0 saturated heterocycles. The van der Waals surface area contributed by atoms with Gasteiger partial charge in [-0.2, -0.15) is 0 Å². The Morgan fingerprint density at radius 2 is 0.433 bits per heavy atom. The Morgan fingerprint density at radius 1 is 0.267 bits per heavy atom. The predicted octanol–water partition coefficient (Wildman–Crippen LogP) is 9.36. The van der Waals surface area contributed by atoms with Crippen molar-refractivity contribution in [2.24, 2.45) is 0 Å². The van der Waals surface area contributed by atoms with E-state index < -0.39 is 0 Å². The van der Waals surface area contributed by atoms with Crippen LogP contribution < -0.4 is 0 Å². The Labute approximate surface area is 191 Å². The van der Waals surface area contributed by atoms with E-state index in [0.717, 1.165) is 12.8 Å². The van der Waals surface area contributed by atoms with E-state index >= 15 is 0 Å². The Kier molecular flexibility index (Phi) is 35.9. The molecule has 0 heterocycles. The highest BCUT2D eigenvalue weighted by Gasteiger charge is 1.93. The molecule has 0 unspecified atom stereocenters. The molecule has 2 nitrogen and oxygen atoms in total. The lowest BCUT2D eigenvalue weighted by atomic mass is 10.0. The molecular weight excluding hydrogens is 368 g/mol. The van der Waals surface area contributed by atoms with Crippen molar-refractivity contribution in [1.82, 2.24) is 0 Å². The molecule has 0 aliphatic rings. The summed E-state index contributed by atoms with van der Waals surface area (Å²) in [6.07, 6.45) is 32.5. The molecule has 0 saturated carbocycles. The van der Waals surface area contributed by atoms with Gasteiger partial charge < -0.3 is 10.2 Å². The monoisotopic (exact) mass is 428 g/mol. The zero-order chi connectivity index (χ0) is 22.4. The summed E-state index contributed by atoms with van der Waals surface area (Å²) in [5.74, 6) is 0. The molecule has 0 aromatic carbocycles. The third-order valence-corrected chi connectivity index (χ3v) is 6.02. The minimum Gasteiger partial charge on any atom is -0.396 e. The summed E-state index contributed by atoms with van der Waals surface area (Å²) in [6.45, 7) is 5.28. The van der Waals surface area contributed by atoms with E-state index in [1.54, 1.807) is 0 Å². The Bertz CT molecular complexity index is 229. The molecule has 0 aromatic rings. The van der Waals surface area contributed by atoms with E-state index in [1.165, 1.54) is 141 Å². The third kappa shape index (κ3) is 35.4. The number of unbranched alkanes of at least 4 members (excludes halogenated alkanes) is 22. The standard InChI is InChI=1S/C15H32O.C13H28O/c1-2-3-4-5-6-7-8-9-10-11-12-13-14-15-16;1-2-3-4-5-6-7-8-9-10-11-12-13-14/h16H,2-15H2,1H3;14H,2-13H2,1H3. The largest absolute Gasteiger partial charge is 0.396 e. The van der Waals surface area contributed by atoms with Crippen LogP contribution in [0.2, 0.25) is 0 Å². The zero-order valence-electron chi connectivity index (χ0n) is 21.3. The molecule has 30 heavy (non-hydrogen) atoms. The van der Waals surface area contributed by atoms with Gasteiger partial charge in [0.2, 0.25) is 0 Å². The van der Waals surface area contributed by atoms with Gasteiger partial charge in [0.05, 0.1) is 0 Å². The normalized spacial score (nSPS) is 10.8. The van der Waals surface area contributed by atoms with Crippen molar-refractivity contribution in [1.29, 1.82) is 0 Å². The van der Waals surface area contributed by atoms with Crippen molar-refractivity contribution >= 4 is 0 Å². The molecule has 0 radical (unpaired) electrons. The molecule has 0 fully saturated rings. The van der Waals surface area contributed by atoms with Gasteiger partial charge in [-0.3, -0.25) is 0 Å². The molecule has 0 bridgehead atoms. The fraction of sp³-hybridized carbons (Fsp3) is 1.00. The van der Waals surface area contributed by atoms with E-state index in [2.05, 4.69) is 13.8 Å². The van der Waals surface area contributed by atoms with Crippen LogP contribution in [0, 0.1) is 0 Å². The fourth-order valence-corrected chi connectivity index (χ4v) is 3.91. The van der Waals surface area contributed by atoms with E-state index in [4.69, 9.17) is 10.2 Å². The number of hydrogen-bond acceptors (Lipinski definition) is 2. The first-order chi connectivity index (χ1) is 14.8. The lowest BCUT2D eigenvalue weighted by molar-refractivity contribution is 0.282. The Balaban J connectivity index is 0. The number of rotatable bonds is 24. The van der Waals surface area contributed by atoms with Crippen LogP contribution in [0.15, 0.2) is 0 Å². The van der Waals surface area contributed by atoms with Crippen LogP contribution in [-0.2, 0) is 0 Å². The molecular formula is C28H60O2. The van der Waals surface area contributed by atoms with Crippen molar-refractivity contribution in [3.63, 3.8) is 0 Å². The van der Waals surface area contributed by atoms with Crippen molar-refractivity contribution < 1.29 is 10.2 Å². The van der Waals surface area contributed by atoms with Gasteiger partial charge in [-0.25, -0.2) is 0 Å². The third-order valence-electron chi connectivity index (χ3n) is 6.02. The molecule has 2 heteroatoms. The average Bonchev–Trinajstić information content (AvgIpc) is 2.76. The molecule has 0 atom stereocenters. The Hall–Kier alpha value is -0.0800. The van der Waals surface area contributed by atoms with Crippen LogP contribution in [0.3, 0.4) is 0 Å². The molecule has 0 aliphatic carbocycles. The maximum absolute atomic E-state index is 8.63. The first-order valence-corrected chi connectivity index (χ1v) is 14.0. The second-order valence-electron chi connectivity index (χ2n) is 9.23. The molecule has 184 valence electrons. The van der Waals surface area contributed by atoms with Crippen LogP contribution in [0.4, 0.5) is 0 Å². The van der Waals surface area contributed by atoms with Crippen LogP contribution in [0.5, 0.6) is 0 Å². The first-order valence-electron chi connectivity index (χ1n) is 14.0. The Morgan fingerprint density at radius 3 is 0.600 bits per heavy atom. The second-order valence-corrected chi connectivity index (χ2v) is 9.23. The van der Waals surface area contributed by atoms with E-state index in [1.807, 2.05) is 0 Å². The molecule has 2 N–H and O–H groups in total. The highest BCUT2D eigenvalue weighted by atomic mass is 16.3. The smallest absolute Gasteiger partial charge is 0.0431 e. The van der Waals surface area contributed by atoms with E-state index in [0.29, 0.717) is 13.2 Å². The molecule has 0 amide bonds. The van der Waals surface area contributed by atoms with Crippen molar-refractivity contribution in [3.8, 4) is 0 Å². The number of aliphatic hydroxyl groups is 2. The summed E-state index contributed by atoms with van der Waals surface area (Å²) in [4.78, 5) is 0. The maximum Gasteiger partial charge on any atom is 0.0431 e. The van der Waals surface area contributed by atoms with Gasteiger partial charge >= 0.3 is 0 Å². The summed E-state index contributed by atoms with van der Waals surface area (Å²) < 4.78 is 0. The minimum atomic E-state index is 0.372. The quantitative estimate of drug-likeness (QED) is 0.150. The zero-order valence-corrected chi connectivity index (χ0v) is 21.3. The predicted molar refractivity (Wildman–Crippen MR) is 136 cm³/mol. The van der Waals surface area contributed by atoms with Crippen LogP contribution in [0.25, 0.3) is 0 Å². The number of aliphatic hydroxyl groups excluding tert-OH is 2. The summed E-state index contributed by atoms with van der Waals surface area (Å²) in [5.41, 5.74) is 0. The molecule has 0 aromatic heterocycles. The summed E-state index contributed by atoms with van der Waals surface area (Å²) in [5, 5.41) is 17.2. The summed E-state index contributed by atoms with van der Waals surface area (Å²) in [7, 11) is 0. The van der Waals surface area contributed by atoms with Gasteiger partial charge in [-0.15, -0.1) is 0 Å². The van der Waals surface area contributed by atoms with Crippen LogP contribution >= 0.6 is 0 Å². The maximum atomic E-state index is 8.63. The second kappa shape index (κ2) is 33.6. The molecule has 0 aliphatic heterocycles. The van der Waals surface area contributed by atoms with Gasteiger partial charge in [-0.05, 0) is 12.8 Å². The highest BCUT2D eigenvalue weighted by Crippen LogP contribution is 2.12. The summed E-state index contributed by atoms with van der Waals surface area (Å²) >= 11 is 0. The van der Waals surface area contributed by atoms with Gasteiger partial charge in [-0.1, -0.05) is 155 Å². The number of hydrogen-bond donors (Lipinski definition) is 2. The topological polar surface area (TPSA) is 40.5 Å². The lowest BCUT2D eigenvalue weighted by Crippen LogP contribution is -1.84. The van der Waals surface area contributed by atoms with Crippen molar-refractivity contribution in [2.45, 2.75) is 168 Å². The van der Waals surface area contributed by atoms with Crippen LogP contribution in [-0.4, -0.2) is 23.4 Å². The van der Waals surface area contributed by atoms with Gasteiger partial charge in [0, 0.05) is 13.2 Å². The highest BCUT2D eigenvalue weighted by molar-refractivity contribution is 4.49. The fourth-order valence-electron chi connectivity index (χ4n) is 3.91. The first kappa shape index (κ1) is 32.1. The minimum absolute atomic E-state index is 0.372. The SMILES string of the molecule is CCCCCCCCCCCCCCCO.CCCCCCCCCCCCCO. The van der Waals surface area contributed by atoms with E-state index in [-0.39, 0.29) is 0 Å². The van der Waals surface area contributed by atoms with Crippen molar-refractivity contribution in [3.05, 3.63) is 0 Å². The van der Waals surface area contributed by atoms with E-state index in [9.17, 15) is 0 Å².